The number of rotatable bonds is 25. The van der Waals surface area contributed by atoms with E-state index in [9.17, 15) is 14.3 Å². The number of aliphatic hydroxyl groups is 1. The summed E-state index contributed by atoms with van der Waals surface area (Å²) >= 11 is 0. The van der Waals surface area contributed by atoms with Gasteiger partial charge in [-0.05, 0) is 63.5 Å². The number of benzene rings is 1. The predicted octanol–water partition coefficient (Wildman–Crippen LogP) is 6.54. The number of ketones is 1. The fourth-order valence-corrected chi connectivity index (χ4v) is 3.92. The Morgan fingerprint density at radius 1 is 0.919 bits per heavy atom. The SMILES string of the molecule is C=CCCNCC=CCOc1ccc(C(=O)CC(O)CCCCCCCCCCNCCC=C)cc1F. The van der Waals surface area contributed by atoms with Crippen molar-refractivity contribution in [1.82, 2.24) is 10.6 Å². The van der Waals surface area contributed by atoms with Gasteiger partial charge in [0.1, 0.15) is 6.61 Å². The van der Waals surface area contributed by atoms with Gasteiger partial charge < -0.3 is 20.5 Å². The molecule has 1 aromatic rings. The third kappa shape index (κ3) is 17.7. The van der Waals surface area contributed by atoms with Crippen molar-refractivity contribution in [3.63, 3.8) is 0 Å². The molecule has 0 aliphatic carbocycles. The van der Waals surface area contributed by atoms with Gasteiger partial charge in [-0.1, -0.05) is 69.2 Å². The van der Waals surface area contributed by atoms with E-state index in [4.69, 9.17) is 4.74 Å². The Balaban J connectivity index is 2.13. The van der Waals surface area contributed by atoms with E-state index in [2.05, 4.69) is 23.8 Å². The van der Waals surface area contributed by atoms with E-state index in [0.717, 1.165) is 51.7 Å². The molecule has 0 spiro atoms. The molecular weight excluding hydrogens is 467 g/mol. The third-order valence-electron chi connectivity index (χ3n) is 6.13. The van der Waals surface area contributed by atoms with Crippen LogP contribution in [0.4, 0.5) is 4.39 Å². The zero-order valence-electron chi connectivity index (χ0n) is 22.7. The number of aliphatic hydroxyl groups excluding tert-OH is 1. The molecule has 0 aliphatic heterocycles. The zero-order valence-corrected chi connectivity index (χ0v) is 22.7. The first kappa shape index (κ1) is 32.7. The van der Waals surface area contributed by atoms with Gasteiger partial charge in [-0.25, -0.2) is 4.39 Å². The van der Waals surface area contributed by atoms with Crippen LogP contribution in [0.2, 0.25) is 0 Å². The van der Waals surface area contributed by atoms with Crippen LogP contribution >= 0.6 is 0 Å². The van der Waals surface area contributed by atoms with E-state index in [1.165, 1.54) is 44.2 Å². The molecule has 0 bridgehead atoms. The van der Waals surface area contributed by atoms with Crippen molar-refractivity contribution in [3.8, 4) is 5.75 Å². The maximum Gasteiger partial charge on any atom is 0.165 e. The largest absolute Gasteiger partial charge is 0.486 e. The van der Waals surface area contributed by atoms with Gasteiger partial charge in [0.2, 0.25) is 0 Å². The highest BCUT2D eigenvalue weighted by Gasteiger charge is 2.15. The number of nitrogens with one attached hydrogen (secondary N) is 2. The highest BCUT2D eigenvalue weighted by molar-refractivity contribution is 5.96. The van der Waals surface area contributed by atoms with Crippen LogP contribution in [-0.2, 0) is 0 Å². The number of Topliss-reactive ketones (excluding diaryl/α,β-unsaturated/α-hetero) is 1. The molecule has 0 amide bonds. The van der Waals surface area contributed by atoms with Crippen molar-refractivity contribution in [2.75, 3.05) is 32.8 Å². The van der Waals surface area contributed by atoms with Gasteiger partial charge in [-0.3, -0.25) is 4.79 Å². The highest BCUT2D eigenvalue weighted by Crippen LogP contribution is 2.20. The summed E-state index contributed by atoms with van der Waals surface area (Å²) in [4.78, 5) is 12.5. The van der Waals surface area contributed by atoms with Gasteiger partial charge in [0.15, 0.2) is 17.3 Å². The lowest BCUT2D eigenvalue weighted by Gasteiger charge is -2.11. The van der Waals surface area contributed by atoms with Crippen molar-refractivity contribution >= 4 is 5.78 Å². The second kappa shape index (κ2) is 22.9. The molecule has 0 radical (unpaired) electrons. The van der Waals surface area contributed by atoms with Gasteiger partial charge in [0, 0.05) is 18.5 Å². The fourth-order valence-electron chi connectivity index (χ4n) is 3.92. The molecule has 6 heteroatoms. The molecule has 0 aromatic heterocycles. The topological polar surface area (TPSA) is 70.6 Å². The Bertz CT molecular complexity index is 782. The van der Waals surface area contributed by atoms with Crippen LogP contribution in [0.5, 0.6) is 5.75 Å². The van der Waals surface area contributed by atoms with E-state index in [0.29, 0.717) is 13.0 Å². The van der Waals surface area contributed by atoms with E-state index in [-0.39, 0.29) is 30.1 Å². The first-order valence-corrected chi connectivity index (χ1v) is 14.0. The van der Waals surface area contributed by atoms with E-state index in [1.54, 1.807) is 6.07 Å². The van der Waals surface area contributed by atoms with Crippen molar-refractivity contribution < 1.29 is 19.0 Å². The smallest absolute Gasteiger partial charge is 0.165 e. The molecule has 5 nitrogen and oxygen atoms in total. The predicted molar refractivity (Wildman–Crippen MR) is 153 cm³/mol. The molecule has 0 fully saturated rings. The number of halogens is 1. The van der Waals surface area contributed by atoms with Crippen LogP contribution in [0.3, 0.4) is 0 Å². The minimum absolute atomic E-state index is 0.0159. The van der Waals surface area contributed by atoms with Crippen molar-refractivity contribution in [1.29, 1.82) is 0 Å². The number of ether oxygens (including phenoxy) is 1. The molecule has 1 atom stereocenters. The first-order valence-electron chi connectivity index (χ1n) is 14.0. The van der Waals surface area contributed by atoms with Crippen LogP contribution in [0, 0.1) is 5.82 Å². The van der Waals surface area contributed by atoms with Crippen molar-refractivity contribution in [3.05, 3.63) is 67.0 Å². The fraction of sp³-hybridized carbons (Fsp3) is 0.581. The van der Waals surface area contributed by atoms with Crippen molar-refractivity contribution in [2.24, 2.45) is 0 Å². The summed E-state index contributed by atoms with van der Waals surface area (Å²) in [6, 6.07) is 4.23. The summed E-state index contributed by atoms with van der Waals surface area (Å²) < 4.78 is 19.8. The summed E-state index contributed by atoms with van der Waals surface area (Å²) in [5, 5.41) is 16.9. The van der Waals surface area contributed by atoms with Gasteiger partial charge in [0.25, 0.3) is 0 Å². The number of unbranched alkanes of at least 4 members (excludes halogenated alkanes) is 7. The van der Waals surface area contributed by atoms with Crippen LogP contribution < -0.4 is 15.4 Å². The van der Waals surface area contributed by atoms with Crippen LogP contribution in [0.25, 0.3) is 0 Å². The van der Waals surface area contributed by atoms with Gasteiger partial charge >= 0.3 is 0 Å². The summed E-state index contributed by atoms with van der Waals surface area (Å²) in [5.41, 5.74) is 0.266. The molecule has 1 rings (SSSR count). The summed E-state index contributed by atoms with van der Waals surface area (Å²) in [5.74, 6) is -0.703. The minimum Gasteiger partial charge on any atom is -0.486 e. The highest BCUT2D eigenvalue weighted by atomic mass is 19.1. The van der Waals surface area contributed by atoms with Crippen molar-refractivity contribution in [2.45, 2.75) is 83.2 Å². The average molecular weight is 517 g/mol. The molecule has 0 aliphatic rings. The molecule has 0 saturated heterocycles. The Morgan fingerprint density at radius 2 is 1.57 bits per heavy atom. The van der Waals surface area contributed by atoms with Crippen LogP contribution in [0.15, 0.2) is 55.7 Å². The number of hydrogen-bond acceptors (Lipinski definition) is 5. The Labute approximate surface area is 224 Å². The molecule has 0 heterocycles. The molecule has 208 valence electrons. The average Bonchev–Trinajstić information content (AvgIpc) is 2.89. The lowest BCUT2D eigenvalue weighted by molar-refractivity contribution is 0.0863. The second-order valence-corrected chi connectivity index (χ2v) is 9.43. The Kier molecular flexibility index (Phi) is 20.3. The summed E-state index contributed by atoms with van der Waals surface area (Å²) in [7, 11) is 0. The zero-order chi connectivity index (χ0) is 27.0. The summed E-state index contributed by atoms with van der Waals surface area (Å²) in [6.45, 7) is 11.3. The maximum absolute atomic E-state index is 14.4. The quantitative estimate of drug-likeness (QED) is 0.0782. The molecule has 1 aromatic carbocycles. The third-order valence-corrected chi connectivity index (χ3v) is 6.13. The Morgan fingerprint density at radius 3 is 2.24 bits per heavy atom. The standard InChI is InChI=1S/C31H49FN2O3/c1-3-5-20-33-22-14-12-10-8-7-9-11-13-17-28(35)26-30(36)27-18-19-31(29(32)25-27)37-24-16-15-23-34-21-6-4-2/h3-4,15-16,18-19,25,28,33-35H,1-2,5-14,17,20-24,26H2. The maximum atomic E-state index is 14.4. The Hall–Kier alpha value is -2.28. The van der Waals surface area contributed by atoms with Gasteiger partial charge in [-0.15, -0.1) is 13.2 Å². The molecule has 1 unspecified atom stereocenters. The van der Waals surface area contributed by atoms with Gasteiger partial charge in [0.05, 0.1) is 6.10 Å². The van der Waals surface area contributed by atoms with Crippen LogP contribution in [-0.4, -0.2) is 49.8 Å². The monoisotopic (exact) mass is 516 g/mol. The molecule has 3 N–H and O–H groups in total. The van der Waals surface area contributed by atoms with E-state index in [1.807, 2.05) is 24.3 Å². The molecule has 37 heavy (non-hydrogen) atoms. The second-order valence-electron chi connectivity index (χ2n) is 9.43. The number of hydrogen-bond donors (Lipinski definition) is 3. The van der Waals surface area contributed by atoms with Gasteiger partial charge in [-0.2, -0.15) is 0 Å². The van der Waals surface area contributed by atoms with Crippen LogP contribution in [0.1, 0.15) is 87.4 Å². The minimum atomic E-state index is -0.690. The number of carbonyl (C=O) groups excluding carboxylic acids is 1. The van der Waals surface area contributed by atoms with E-state index >= 15 is 0 Å². The van der Waals surface area contributed by atoms with E-state index < -0.39 is 11.9 Å². The summed E-state index contributed by atoms with van der Waals surface area (Å²) in [6.07, 6.45) is 18.8. The molecular formula is C31H49FN2O3. The number of carbonyl (C=O) groups is 1. The first-order chi connectivity index (χ1) is 18.1. The lowest BCUT2D eigenvalue weighted by atomic mass is 10.0. The lowest BCUT2D eigenvalue weighted by Crippen LogP contribution is -2.15. The molecule has 0 saturated carbocycles. The normalized spacial score (nSPS) is 12.1.